The number of aliphatic imine (C=N–C) groups is 1. The number of nitrogen functional groups attached to an aromatic ring is 1. The lowest BCUT2D eigenvalue weighted by molar-refractivity contribution is 0.337. The molecule has 22 heavy (non-hydrogen) atoms. The standard InChI is InChI=1S/C19H23N3/c1-19(2,3)17-13-22(14-9-5-4-6-10-14)18(21-17)15-11-7-8-12-16(15)20/h4-12,17H,13,20H2,1-3H3/t17-/m1/s1. The summed E-state index contributed by atoms with van der Waals surface area (Å²) in [6.45, 7) is 7.60. The van der Waals surface area contributed by atoms with Crippen molar-refractivity contribution in [2.45, 2.75) is 26.8 Å². The number of rotatable bonds is 2. The molecule has 1 aliphatic rings. The van der Waals surface area contributed by atoms with E-state index in [1.165, 1.54) is 0 Å². The summed E-state index contributed by atoms with van der Waals surface area (Å²) in [4.78, 5) is 7.29. The van der Waals surface area contributed by atoms with Gasteiger partial charge in [-0.15, -0.1) is 0 Å². The van der Waals surface area contributed by atoms with Gasteiger partial charge in [0.2, 0.25) is 0 Å². The van der Waals surface area contributed by atoms with Gasteiger partial charge < -0.3 is 10.6 Å². The first-order valence-corrected chi connectivity index (χ1v) is 7.72. The molecular weight excluding hydrogens is 270 g/mol. The fourth-order valence-corrected chi connectivity index (χ4v) is 2.74. The Morgan fingerprint density at radius 1 is 1.00 bits per heavy atom. The number of nitrogens with zero attached hydrogens (tertiary/aromatic N) is 2. The minimum atomic E-state index is 0.123. The van der Waals surface area contributed by atoms with Crippen LogP contribution in [-0.4, -0.2) is 18.4 Å². The number of hydrogen-bond acceptors (Lipinski definition) is 3. The maximum atomic E-state index is 6.19. The molecule has 0 bridgehead atoms. The van der Waals surface area contributed by atoms with E-state index in [0.717, 1.165) is 29.3 Å². The number of hydrogen-bond donors (Lipinski definition) is 1. The first kappa shape index (κ1) is 14.6. The number of benzene rings is 2. The minimum Gasteiger partial charge on any atom is -0.398 e. The van der Waals surface area contributed by atoms with Crippen LogP contribution in [0.3, 0.4) is 0 Å². The second-order valence-corrected chi connectivity index (χ2v) is 6.87. The second-order valence-electron chi connectivity index (χ2n) is 6.87. The van der Waals surface area contributed by atoms with Crippen molar-refractivity contribution >= 4 is 17.2 Å². The third-order valence-electron chi connectivity index (χ3n) is 4.16. The van der Waals surface area contributed by atoms with Crippen LogP contribution in [0.1, 0.15) is 26.3 Å². The Kier molecular flexibility index (Phi) is 3.65. The third kappa shape index (κ3) is 2.71. The fraction of sp³-hybridized carbons (Fsp3) is 0.316. The van der Waals surface area contributed by atoms with Crippen molar-refractivity contribution in [1.29, 1.82) is 0 Å². The average molecular weight is 293 g/mol. The normalized spacial score (nSPS) is 18.4. The minimum absolute atomic E-state index is 0.123. The molecule has 3 heteroatoms. The lowest BCUT2D eigenvalue weighted by Crippen LogP contribution is -2.34. The van der Waals surface area contributed by atoms with Crippen molar-refractivity contribution in [1.82, 2.24) is 0 Å². The first-order valence-electron chi connectivity index (χ1n) is 7.72. The molecule has 1 aliphatic heterocycles. The summed E-state index contributed by atoms with van der Waals surface area (Å²) < 4.78 is 0. The molecule has 3 rings (SSSR count). The number of anilines is 2. The van der Waals surface area contributed by atoms with Gasteiger partial charge in [-0.25, -0.2) is 0 Å². The summed E-state index contributed by atoms with van der Waals surface area (Å²) in [5.74, 6) is 0.976. The molecule has 1 atom stereocenters. The largest absolute Gasteiger partial charge is 0.398 e. The highest BCUT2D eigenvalue weighted by atomic mass is 15.3. The van der Waals surface area contributed by atoms with E-state index in [2.05, 4.69) is 56.0 Å². The van der Waals surface area contributed by atoms with Gasteiger partial charge in [0.05, 0.1) is 6.04 Å². The lowest BCUT2D eigenvalue weighted by Gasteiger charge is -2.26. The molecule has 0 saturated carbocycles. The summed E-state index contributed by atoms with van der Waals surface area (Å²) >= 11 is 0. The van der Waals surface area contributed by atoms with E-state index in [-0.39, 0.29) is 11.5 Å². The van der Waals surface area contributed by atoms with Gasteiger partial charge in [0.1, 0.15) is 5.84 Å². The fourth-order valence-electron chi connectivity index (χ4n) is 2.74. The number of amidine groups is 1. The van der Waals surface area contributed by atoms with Gasteiger partial charge in [0, 0.05) is 23.5 Å². The Balaban J connectivity index is 2.07. The zero-order valence-electron chi connectivity index (χ0n) is 13.5. The summed E-state index contributed by atoms with van der Waals surface area (Å²) in [6.07, 6.45) is 0. The topological polar surface area (TPSA) is 41.6 Å². The maximum absolute atomic E-state index is 6.19. The molecule has 0 amide bonds. The molecule has 3 nitrogen and oxygen atoms in total. The zero-order chi connectivity index (χ0) is 15.7. The molecule has 0 fully saturated rings. The lowest BCUT2D eigenvalue weighted by atomic mass is 9.87. The highest BCUT2D eigenvalue weighted by Gasteiger charge is 2.34. The van der Waals surface area contributed by atoms with Gasteiger partial charge >= 0.3 is 0 Å². The SMILES string of the molecule is CC(C)(C)[C@H]1CN(c2ccccc2)C(c2ccccc2N)=N1. The van der Waals surface area contributed by atoms with Gasteiger partial charge in [-0.2, -0.15) is 0 Å². The van der Waals surface area contributed by atoms with Gasteiger partial charge in [-0.1, -0.05) is 51.1 Å². The van der Waals surface area contributed by atoms with E-state index in [1.807, 2.05) is 24.3 Å². The quantitative estimate of drug-likeness (QED) is 0.852. The highest BCUT2D eigenvalue weighted by molar-refractivity contribution is 6.14. The number of para-hydroxylation sites is 2. The number of nitrogens with two attached hydrogens (primary N) is 1. The van der Waals surface area contributed by atoms with Gasteiger partial charge in [-0.3, -0.25) is 4.99 Å². The molecule has 2 aromatic rings. The van der Waals surface area contributed by atoms with Gasteiger partial charge in [-0.05, 0) is 29.7 Å². The molecule has 2 N–H and O–H groups in total. The molecule has 0 aliphatic carbocycles. The van der Waals surface area contributed by atoms with Crippen LogP contribution in [0.5, 0.6) is 0 Å². The maximum Gasteiger partial charge on any atom is 0.137 e. The van der Waals surface area contributed by atoms with Crippen LogP contribution in [0.2, 0.25) is 0 Å². The van der Waals surface area contributed by atoms with Gasteiger partial charge in [0.25, 0.3) is 0 Å². The van der Waals surface area contributed by atoms with Crippen LogP contribution < -0.4 is 10.6 Å². The van der Waals surface area contributed by atoms with Crippen molar-refractivity contribution in [3.63, 3.8) is 0 Å². The Morgan fingerprint density at radius 3 is 2.27 bits per heavy atom. The molecule has 0 radical (unpaired) electrons. The Bertz CT molecular complexity index is 683. The highest BCUT2D eigenvalue weighted by Crippen LogP contribution is 2.32. The molecular formula is C19H23N3. The summed E-state index contributed by atoms with van der Waals surface area (Å²) in [5, 5.41) is 0. The van der Waals surface area contributed by atoms with E-state index in [1.54, 1.807) is 0 Å². The van der Waals surface area contributed by atoms with Crippen molar-refractivity contribution in [2.24, 2.45) is 10.4 Å². The summed E-state index contributed by atoms with van der Waals surface area (Å²) in [6, 6.07) is 18.6. The van der Waals surface area contributed by atoms with Gasteiger partial charge in [0.15, 0.2) is 0 Å². The molecule has 0 unspecified atom stereocenters. The van der Waals surface area contributed by atoms with E-state index < -0.39 is 0 Å². The molecule has 1 heterocycles. The molecule has 0 saturated heterocycles. The predicted molar refractivity (Wildman–Crippen MR) is 94.4 cm³/mol. The van der Waals surface area contributed by atoms with E-state index in [4.69, 9.17) is 10.7 Å². The Labute approximate surface area is 132 Å². The van der Waals surface area contributed by atoms with Crippen molar-refractivity contribution < 1.29 is 0 Å². The summed E-state index contributed by atoms with van der Waals surface area (Å²) in [7, 11) is 0. The molecule has 0 aromatic heterocycles. The second kappa shape index (κ2) is 5.48. The van der Waals surface area contributed by atoms with Crippen molar-refractivity contribution in [3.05, 3.63) is 60.2 Å². The average Bonchev–Trinajstić information content (AvgIpc) is 2.94. The van der Waals surface area contributed by atoms with Crippen LogP contribution >= 0.6 is 0 Å². The van der Waals surface area contributed by atoms with E-state index in [0.29, 0.717) is 0 Å². The molecule has 114 valence electrons. The zero-order valence-corrected chi connectivity index (χ0v) is 13.5. The van der Waals surface area contributed by atoms with Crippen molar-refractivity contribution in [3.8, 4) is 0 Å². The monoisotopic (exact) mass is 293 g/mol. The van der Waals surface area contributed by atoms with Crippen LogP contribution in [0.4, 0.5) is 11.4 Å². The summed E-state index contributed by atoms with van der Waals surface area (Å²) in [5.41, 5.74) is 9.26. The van der Waals surface area contributed by atoms with E-state index in [9.17, 15) is 0 Å². The Hall–Kier alpha value is -2.29. The first-order chi connectivity index (χ1) is 10.5. The van der Waals surface area contributed by atoms with E-state index >= 15 is 0 Å². The predicted octanol–water partition coefficient (Wildman–Crippen LogP) is 3.95. The Morgan fingerprint density at radius 2 is 1.64 bits per heavy atom. The van der Waals surface area contributed by atoms with Crippen LogP contribution in [0, 0.1) is 5.41 Å². The molecule has 0 spiro atoms. The van der Waals surface area contributed by atoms with Crippen LogP contribution in [0.15, 0.2) is 59.6 Å². The van der Waals surface area contributed by atoms with Crippen LogP contribution in [-0.2, 0) is 0 Å². The molecule has 2 aromatic carbocycles. The van der Waals surface area contributed by atoms with Crippen LogP contribution in [0.25, 0.3) is 0 Å². The smallest absolute Gasteiger partial charge is 0.137 e. The van der Waals surface area contributed by atoms with Crippen molar-refractivity contribution in [2.75, 3.05) is 17.2 Å². The third-order valence-corrected chi connectivity index (χ3v) is 4.16.